The van der Waals surface area contributed by atoms with Crippen molar-refractivity contribution in [1.82, 2.24) is 0 Å². The van der Waals surface area contributed by atoms with E-state index in [1.807, 2.05) is 6.07 Å². The van der Waals surface area contributed by atoms with E-state index in [1.54, 1.807) is 19.2 Å². The molecule has 0 unspecified atom stereocenters. The summed E-state index contributed by atoms with van der Waals surface area (Å²) in [4.78, 5) is 0. The summed E-state index contributed by atoms with van der Waals surface area (Å²) in [6, 6.07) is 9.76. The lowest BCUT2D eigenvalue weighted by molar-refractivity contribution is 0.415. The summed E-state index contributed by atoms with van der Waals surface area (Å²) in [6.07, 6.45) is 2.71. The molecule has 0 amide bonds. The van der Waals surface area contributed by atoms with Crippen molar-refractivity contribution in [2.24, 2.45) is 5.41 Å². The first-order valence-electron chi connectivity index (χ1n) is 5.92. The normalized spacial score (nSPS) is 15.3. The van der Waals surface area contributed by atoms with E-state index in [2.05, 4.69) is 17.5 Å². The molecule has 1 N–H and O–H groups in total. The largest absolute Gasteiger partial charge is 0.495 e. The van der Waals surface area contributed by atoms with Crippen LogP contribution in [0.5, 0.6) is 5.75 Å². The third-order valence-electron chi connectivity index (χ3n) is 3.42. The lowest BCUT2D eigenvalue weighted by atomic mass is 10.0. The number of nitriles is 2. The minimum atomic E-state index is 0.0995. The molecular formula is C14H15N3O. The highest BCUT2D eigenvalue weighted by Crippen LogP contribution is 2.48. The Kier molecular flexibility index (Phi) is 3.39. The molecule has 0 heterocycles. The first-order valence-corrected chi connectivity index (χ1v) is 5.92. The zero-order chi connectivity index (χ0) is 13.0. The van der Waals surface area contributed by atoms with E-state index in [4.69, 9.17) is 15.3 Å². The number of anilines is 1. The van der Waals surface area contributed by atoms with E-state index < -0.39 is 0 Å². The van der Waals surface area contributed by atoms with Gasteiger partial charge in [-0.1, -0.05) is 6.07 Å². The maximum atomic E-state index is 9.09. The van der Waals surface area contributed by atoms with Crippen LogP contribution in [0.2, 0.25) is 0 Å². The maximum absolute atomic E-state index is 9.09. The molecule has 4 nitrogen and oxygen atoms in total. The van der Waals surface area contributed by atoms with Gasteiger partial charge in [0.25, 0.3) is 0 Å². The first kappa shape index (κ1) is 12.3. The Morgan fingerprint density at radius 1 is 1.39 bits per heavy atom. The molecular weight excluding hydrogens is 226 g/mol. The Hall–Kier alpha value is -2.20. The zero-order valence-electron chi connectivity index (χ0n) is 10.4. The molecule has 1 aliphatic carbocycles. The summed E-state index contributed by atoms with van der Waals surface area (Å²) in [5.41, 5.74) is 1.40. The number of nitrogens with zero attached hydrogens (tertiary/aromatic N) is 2. The highest BCUT2D eigenvalue weighted by Gasteiger charge is 2.42. The van der Waals surface area contributed by atoms with Crippen LogP contribution in [0.1, 0.15) is 24.8 Å². The fourth-order valence-corrected chi connectivity index (χ4v) is 2.01. The van der Waals surface area contributed by atoms with Crippen LogP contribution in [0, 0.1) is 28.1 Å². The molecule has 0 aliphatic heterocycles. The highest BCUT2D eigenvalue weighted by molar-refractivity contribution is 5.66. The van der Waals surface area contributed by atoms with Crippen LogP contribution in [0.25, 0.3) is 0 Å². The number of para-hydroxylation sites is 1. The molecule has 0 saturated heterocycles. The van der Waals surface area contributed by atoms with Crippen molar-refractivity contribution in [3.8, 4) is 17.9 Å². The van der Waals surface area contributed by atoms with Crippen molar-refractivity contribution in [3.63, 3.8) is 0 Å². The monoisotopic (exact) mass is 241 g/mol. The second-order valence-electron chi connectivity index (χ2n) is 4.68. The molecule has 1 fully saturated rings. The predicted octanol–water partition coefficient (Wildman–Crippen LogP) is 2.67. The fourth-order valence-electron chi connectivity index (χ4n) is 2.01. The molecule has 92 valence electrons. The number of hydrogen-bond donors (Lipinski definition) is 1. The van der Waals surface area contributed by atoms with Crippen LogP contribution in [0.4, 0.5) is 5.69 Å². The topological polar surface area (TPSA) is 68.8 Å². The van der Waals surface area contributed by atoms with Crippen molar-refractivity contribution in [3.05, 3.63) is 23.8 Å². The molecule has 1 aromatic carbocycles. The summed E-state index contributed by atoms with van der Waals surface area (Å²) in [6.45, 7) is 0.718. The molecule has 18 heavy (non-hydrogen) atoms. The lowest BCUT2D eigenvalue weighted by Crippen LogP contribution is -2.16. The van der Waals surface area contributed by atoms with Gasteiger partial charge in [0, 0.05) is 18.4 Å². The van der Waals surface area contributed by atoms with Gasteiger partial charge in [-0.15, -0.1) is 0 Å². The second-order valence-corrected chi connectivity index (χ2v) is 4.68. The van der Waals surface area contributed by atoms with E-state index in [1.165, 1.54) is 0 Å². The van der Waals surface area contributed by atoms with Gasteiger partial charge in [0.05, 0.1) is 24.4 Å². The summed E-state index contributed by atoms with van der Waals surface area (Å²) in [5.74, 6) is 0.668. The van der Waals surface area contributed by atoms with Crippen LogP contribution in [0.15, 0.2) is 18.2 Å². The number of ether oxygens (including phenoxy) is 1. The fraction of sp³-hybridized carbons (Fsp3) is 0.429. The molecule has 0 spiro atoms. The van der Waals surface area contributed by atoms with Gasteiger partial charge < -0.3 is 10.1 Å². The molecule has 2 rings (SSSR count). The SMILES string of the molecule is COc1cccc(C#N)c1NCC1(CC#N)CC1. The summed E-state index contributed by atoms with van der Waals surface area (Å²) < 4.78 is 5.25. The molecule has 0 radical (unpaired) electrons. The molecule has 0 aromatic heterocycles. The summed E-state index contributed by atoms with van der Waals surface area (Å²) in [7, 11) is 1.59. The number of hydrogen-bond acceptors (Lipinski definition) is 4. The van der Waals surface area contributed by atoms with E-state index in [9.17, 15) is 0 Å². The van der Waals surface area contributed by atoms with Crippen molar-refractivity contribution in [1.29, 1.82) is 10.5 Å². The number of methoxy groups -OCH3 is 1. The number of nitrogens with one attached hydrogen (secondary N) is 1. The standard InChI is InChI=1S/C14H15N3O/c1-18-12-4-2-3-11(9-16)13(12)17-10-14(5-6-14)7-8-15/h2-4,17H,5-7,10H2,1H3. The van der Waals surface area contributed by atoms with Crippen LogP contribution < -0.4 is 10.1 Å². The van der Waals surface area contributed by atoms with Gasteiger partial charge in [0.2, 0.25) is 0 Å². The van der Waals surface area contributed by atoms with Gasteiger partial charge in [-0.05, 0) is 25.0 Å². The average Bonchev–Trinajstić information content (AvgIpc) is 3.16. The predicted molar refractivity (Wildman–Crippen MR) is 68.1 cm³/mol. The van der Waals surface area contributed by atoms with E-state index in [0.717, 1.165) is 25.1 Å². The quantitative estimate of drug-likeness (QED) is 0.860. The molecule has 1 saturated carbocycles. The Labute approximate surface area is 107 Å². The zero-order valence-corrected chi connectivity index (χ0v) is 10.4. The van der Waals surface area contributed by atoms with Crippen molar-refractivity contribution < 1.29 is 4.74 Å². The Bertz CT molecular complexity index is 521. The molecule has 1 aromatic rings. The lowest BCUT2D eigenvalue weighted by Gasteiger charge is -2.16. The van der Waals surface area contributed by atoms with E-state index in [0.29, 0.717) is 17.7 Å². The Morgan fingerprint density at radius 2 is 2.17 bits per heavy atom. The van der Waals surface area contributed by atoms with Crippen molar-refractivity contribution in [2.45, 2.75) is 19.3 Å². The van der Waals surface area contributed by atoms with Gasteiger partial charge in [0.1, 0.15) is 11.8 Å². The first-order chi connectivity index (χ1) is 8.74. The van der Waals surface area contributed by atoms with E-state index in [-0.39, 0.29) is 5.41 Å². The van der Waals surface area contributed by atoms with Crippen molar-refractivity contribution >= 4 is 5.69 Å². The number of rotatable bonds is 5. The minimum Gasteiger partial charge on any atom is -0.495 e. The van der Waals surface area contributed by atoms with Crippen LogP contribution in [-0.2, 0) is 0 Å². The molecule has 0 atom stereocenters. The van der Waals surface area contributed by atoms with Gasteiger partial charge in [-0.25, -0.2) is 0 Å². The second kappa shape index (κ2) is 4.98. The Morgan fingerprint density at radius 3 is 2.72 bits per heavy atom. The van der Waals surface area contributed by atoms with Crippen molar-refractivity contribution in [2.75, 3.05) is 19.0 Å². The number of benzene rings is 1. The van der Waals surface area contributed by atoms with Crippen LogP contribution in [-0.4, -0.2) is 13.7 Å². The van der Waals surface area contributed by atoms with Crippen LogP contribution >= 0.6 is 0 Å². The average molecular weight is 241 g/mol. The maximum Gasteiger partial charge on any atom is 0.143 e. The van der Waals surface area contributed by atoms with Gasteiger partial charge in [0.15, 0.2) is 0 Å². The van der Waals surface area contributed by atoms with E-state index >= 15 is 0 Å². The third kappa shape index (κ3) is 2.38. The third-order valence-corrected chi connectivity index (χ3v) is 3.42. The Balaban J connectivity index is 2.14. The smallest absolute Gasteiger partial charge is 0.143 e. The van der Waals surface area contributed by atoms with Gasteiger partial charge >= 0.3 is 0 Å². The molecule has 4 heteroatoms. The van der Waals surface area contributed by atoms with Gasteiger partial charge in [-0.2, -0.15) is 10.5 Å². The van der Waals surface area contributed by atoms with Crippen LogP contribution in [0.3, 0.4) is 0 Å². The molecule has 0 bridgehead atoms. The summed E-state index contributed by atoms with van der Waals surface area (Å²) in [5, 5.41) is 21.1. The van der Waals surface area contributed by atoms with Gasteiger partial charge in [-0.3, -0.25) is 0 Å². The molecule has 1 aliphatic rings. The summed E-state index contributed by atoms with van der Waals surface area (Å²) >= 11 is 0. The minimum absolute atomic E-state index is 0.0995. The highest BCUT2D eigenvalue weighted by atomic mass is 16.5.